The van der Waals surface area contributed by atoms with E-state index in [0.29, 0.717) is 31.1 Å². The molecule has 1 aromatic rings. The van der Waals surface area contributed by atoms with E-state index in [1.165, 1.54) is 18.5 Å². The van der Waals surface area contributed by atoms with Crippen LogP contribution in [0, 0.1) is 0 Å². The molecule has 7 heteroatoms. The zero-order valence-corrected chi connectivity index (χ0v) is 12.6. The molecule has 1 aliphatic rings. The van der Waals surface area contributed by atoms with Crippen LogP contribution in [-0.2, 0) is 10.0 Å². The van der Waals surface area contributed by atoms with Gasteiger partial charge >= 0.3 is 0 Å². The van der Waals surface area contributed by atoms with Crippen molar-refractivity contribution in [2.45, 2.75) is 11.3 Å². The molecular weight excluding hydrogens is 280 g/mol. The van der Waals surface area contributed by atoms with Crippen LogP contribution in [0.3, 0.4) is 0 Å². The largest absolute Gasteiger partial charge is 0.495 e. The molecule has 6 nitrogen and oxygen atoms in total. The fourth-order valence-corrected chi connectivity index (χ4v) is 4.03. The fourth-order valence-electron chi connectivity index (χ4n) is 2.26. The molecule has 0 spiro atoms. The zero-order valence-electron chi connectivity index (χ0n) is 11.8. The number of nitrogens with one attached hydrogen (secondary N) is 1. The molecule has 0 radical (unpaired) electrons. The van der Waals surface area contributed by atoms with Crippen molar-refractivity contribution in [3.8, 4) is 11.5 Å². The Morgan fingerprint density at radius 2 is 1.75 bits per heavy atom. The highest BCUT2D eigenvalue weighted by atomic mass is 32.2. The van der Waals surface area contributed by atoms with Crippen molar-refractivity contribution in [1.82, 2.24) is 9.62 Å². The lowest BCUT2D eigenvalue weighted by Gasteiger charge is -2.22. The van der Waals surface area contributed by atoms with Crippen molar-refractivity contribution < 1.29 is 17.9 Å². The van der Waals surface area contributed by atoms with Crippen molar-refractivity contribution in [3.63, 3.8) is 0 Å². The molecule has 2 rings (SSSR count). The number of rotatable bonds is 4. The molecule has 0 amide bonds. The predicted molar refractivity (Wildman–Crippen MR) is 75.8 cm³/mol. The Kier molecular flexibility index (Phi) is 4.85. The number of hydrogen-bond donors (Lipinski definition) is 1. The Morgan fingerprint density at radius 3 is 2.35 bits per heavy atom. The van der Waals surface area contributed by atoms with Crippen molar-refractivity contribution in [2.24, 2.45) is 0 Å². The average Bonchev–Trinajstić information content (AvgIpc) is 2.75. The second-order valence-corrected chi connectivity index (χ2v) is 6.37. The predicted octanol–water partition coefficient (Wildman–Crippen LogP) is 0.688. The van der Waals surface area contributed by atoms with Gasteiger partial charge in [-0.25, -0.2) is 8.42 Å². The topological polar surface area (TPSA) is 67.9 Å². The van der Waals surface area contributed by atoms with E-state index in [1.54, 1.807) is 18.2 Å². The van der Waals surface area contributed by atoms with Crippen LogP contribution < -0.4 is 14.8 Å². The normalized spacial score (nSPS) is 17.5. The Labute approximate surface area is 119 Å². The lowest BCUT2D eigenvalue weighted by atomic mass is 10.3. The number of hydrogen-bond acceptors (Lipinski definition) is 5. The summed E-state index contributed by atoms with van der Waals surface area (Å²) in [4.78, 5) is 0.104. The monoisotopic (exact) mass is 300 g/mol. The molecule has 112 valence electrons. The molecule has 1 N–H and O–H groups in total. The first-order chi connectivity index (χ1) is 9.61. The summed E-state index contributed by atoms with van der Waals surface area (Å²) in [5.74, 6) is 0.614. The minimum absolute atomic E-state index is 0.104. The molecule has 1 saturated heterocycles. The van der Waals surface area contributed by atoms with Crippen LogP contribution in [0.1, 0.15) is 6.42 Å². The van der Waals surface area contributed by atoms with Crippen molar-refractivity contribution in [3.05, 3.63) is 18.2 Å². The lowest BCUT2D eigenvalue weighted by molar-refractivity contribution is 0.365. The van der Waals surface area contributed by atoms with Gasteiger partial charge in [0.25, 0.3) is 10.0 Å². The first-order valence-electron chi connectivity index (χ1n) is 6.53. The number of ether oxygens (including phenoxy) is 2. The van der Waals surface area contributed by atoms with Crippen LogP contribution in [-0.4, -0.2) is 53.1 Å². The third-order valence-corrected chi connectivity index (χ3v) is 5.24. The number of nitrogens with zero attached hydrogens (tertiary/aromatic N) is 1. The Balaban J connectivity index is 2.47. The molecule has 0 saturated carbocycles. The van der Waals surface area contributed by atoms with Crippen LogP contribution >= 0.6 is 0 Å². The fraction of sp³-hybridized carbons (Fsp3) is 0.538. The van der Waals surface area contributed by atoms with E-state index in [0.717, 1.165) is 13.0 Å². The van der Waals surface area contributed by atoms with Gasteiger partial charge in [-0.2, -0.15) is 4.31 Å². The van der Waals surface area contributed by atoms with Crippen LogP contribution in [0.2, 0.25) is 0 Å². The molecular formula is C13H20N2O4S. The van der Waals surface area contributed by atoms with E-state index >= 15 is 0 Å². The lowest BCUT2D eigenvalue weighted by Crippen LogP contribution is -2.34. The third kappa shape index (κ3) is 2.89. The molecule has 0 aromatic heterocycles. The van der Waals surface area contributed by atoms with Gasteiger partial charge in [-0.15, -0.1) is 0 Å². The molecule has 1 heterocycles. The van der Waals surface area contributed by atoms with Crippen molar-refractivity contribution >= 4 is 10.0 Å². The van der Waals surface area contributed by atoms with Gasteiger partial charge in [-0.1, -0.05) is 6.07 Å². The average molecular weight is 300 g/mol. The van der Waals surface area contributed by atoms with Gasteiger partial charge in [-0.05, 0) is 25.1 Å². The SMILES string of the molecule is COc1cccc(OC)c1S(=O)(=O)N1CCCNCC1. The highest BCUT2D eigenvalue weighted by Crippen LogP contribution is 2.35. The Bertz CT molecular complexity index is 529. The van der Waals surface area contributed by atoms with Crippen LogP contribution in [0.5, 0.6) is 11.5 Å². The molecule has 0 bridgehead atoms. The number of methoxy groups -OCH3 is 2. The molecule has 0 atom stereocenters. The van der Waals surface area contributed by atoms with Gasteiger partial charge in [0.2, 0.25) is 0 Å². The van der Waals surface area contributed by atoms with Gasteiger partial charge in [0.05, 0.1) is 14.2 Å². The van der Waals surface area contributed by atoms with Gasteiger partial charge in [-0.3, -0.25) is 0 Å². The summed E-state index contributed by atoms with van der Waals surface area (Å²) in [6, 6.07) is 4.97. The Hall–Kier alpha value is -1.31. The van der Waals surface area contributed by atoms with Crippen LogP contribution in [0.4, 0.5) is 0 Å². The van der Waals surface area contributed by atoms with E-state index in [4.69, 9.17) is 9.47 Å². The maximum atomic E-state index is 12.8. The molecule has 1 aromatic carbocycles. The minimum atomic E-state index is -3.63. The van der Waals surface area contributed by atoms with Crippen molar-refractivity contribution in [2.75, 3.05) is 40.4 Å². The maximum Gasteiger partial charge on any atom is 0.250 e. The van der Waals surface area contributed by atoms with Crippen molar-refractivity contribution in [1.29, 1.82) is 0 Å². The molecule has 0 unspecified atom stereocenters. The maximum absolute atomic E-state index is 12.8. The quantitative estimate of drug-likeness (QED) is 0.886. The van der Waals surface area contributed by atoms with Gasteiger partial charge < -0.3 is 14.8 Å². The summed E-state index contributed by atoms with van der Waals surface area (Å²) in [6.07, 6.45) is 0.788. The Morgan fingerprint density at radius 1 is 1.10 bits per heavy atom. The number of benzene rings is 1. The van der Waals surface area contributed by atoms with E-state index < -0.39 is 10.0 Å². The minimum Gasteiger partial charge on any atom is -0.495 e. The summed E-state index contributed by atoms with van der Waals surface area (Å²) >= 11 is 0. The van der Waals surface area contributed by atoms with Gasteiger partial charge in [0.15, 0.2) is 4.90 Å². The summed E-state index contributed by atoms with van der Waals surface area (Å²) in [5.41, 5.74) is 0. The summed E-state index contributed by atoms with van der Waals surface area (Å²) in [6.45, 7) is 2.42. The second kappa shape index (κ2) is 6.43. The second-order valence-electron chi connectivity index (χ2n) is 4.50. The van der Waals surface area contributed by atoms with Gasteiger partial charge in [0, 0.05) is 19.6 Å². The standard InChI is InChI=1S/C13H20N2O4S/c1-18-11-5-3-6-12(19-2)13(11)20(16,17)15-9-4-7-14-8-10-15/h3,5-6,14H,4,7-10H2,1-2H3. The summed E-state index contributed by atoms with van der Waals surface area (Å²) in [7, 11) is -0.715. The highest BCUT2D eigenvalue weighted by Gasteiger charge is 2.31. The van der Waals surface area contributed by atoms with E-state index in [2.05, 4.69) is 5.32 Å². The van der Waals surface area contributed by atoms with E-state index in [9.17, 15) is 8.42 Å². The first kappa shape index (κ1) is 15.1. The highest BCUT2D eigenvalue weighted by molar-refractivity contribution is 7.89. The zero-order chi connectivity index (χ0) is 14.6. The smallest absolute Gasteiger partial charge is 0.250 e. The van der Waals surface area contributed by atoms with Gasteiger partial charge in [0.1, 0.15) is 11.5 Å². The first-order valence-corrected chi connectivity index (χ1v) is 7.97. The molecule has 1 aliphatic heterocycles. The molecule has 20 heavy (non-hydrogen) atoms. The summed E-state index contributed by atoms with van der Waals surface area (Å²) in [5, 5.41) is 3.19. The summed E-state index contributed by atoms with van der Waals surface area (Å²) < 4.78 is 37.5. The van der Waals surface area contributed by atoms with Crippen LogP contribution in [0.25, 0.3) is 0 Å². The third-order valence-electron chi connectivity index (χ3n) is 3.28. The molecule has 0 aliphatic carbocycles. The van der Waals surface area contributed by atoms with E-state index in [-0.39, 0.29) is 4.90 Å². The molecule has 1 fully saturated rings. The van der Waals surface area contributed by atoms with E-state index in [1.807, 2.05) is 0 Å². The van der Waals surface area contributed by atoms with Crippen LogP contribution in [0.15, 0.2) is 23.1 Å². The number of sulfonamides is 1.